The molecule has 2 fully saturated rings. The van der Waals surface area contributed by atoms with Crippen molar-refractivity contribution >= 4 is 5.78 Å². The highest BCUT2D eigenvalue weighted by Gasteiger charge is 2.43. The largest absolute Gasteiger partial charge is 0.504 e. The monoisotopic (exact) mass is 301 g/mol. The fourth-order valence-corrected chi connectivity index (χ4v) is 4.76. The molecule has 22 heavy (non-hydrogen) atoms. The molecule has 0 aromatic heterocycles. The summed E-state index contributed by atoms with van der Waals surface area (Å²) < 4.78 is 5.24. The molecule has 2 heterocycles. The van der Waals surface area contributed by atoms with Crippen LogP contribution < -0.4 is 4.74 Å². The third-order valence-corrected chi connectivity index (χ3v) is 5.85. The minimum Gasteiger partial charge on any atom is -0.504 e. The molecule has 4 heteroatoms. The molecule has 2 aliphatic heterocycles. The fraction of sp³-hybridized carbons (Fsp3) is 0.611. The maximum atomic E-state index is 11.9. The summed E-state index contributed by atoms with van der Waals surface area (Å²) in [6.07, 6.45) is 5.86. The summed E-state index contributed by atoms with van der Waals surface area (Å²) >= 11 is 0. The van der Waals surface area contributed by atoms with E-state index in [0.29, 0.717) is 29.5 Å². The van der Waals surface area contributed by atoms with Gasteiger partial charge in [-0.3, -0.25) is 9.69 Å². The number of ketones is 1. The molecular formula is C18H23NO3. The second kappa shape index (κ2) is 5.27. The Hall–Kier alpha value is -1.55. The van der Waals surface area contributed by atoms with Crippen LogP contribution in [0.2, 0.25) is 0 Å². The molecule has 0 amide bonds. The summed E-state index contributed by atoms with van der Waals surface area (Å²) in [7, 11) is 1.59. The first-order valence-corrected chi connectivity index (χ1v) is 8.34. The topological polar surface area (TPSA) is 49.8 Å². The van der Waals surface area contributed by atoms with Gasteiger partial charge in [0.1, 0.15) is 5.78 Å². The van der Waals surface area contributed by atoms with Gasteiger partial charge in [0.05, 0.1) is 7.11 Å². The van der Waals surface area contributed by atoms with E-state index in [9.17, 15) is 9.90 Å². The van der Waals surface area contributed by atoms with Gasteiger partial charge in [-0.2, -0.15) is 0 Å². The van der Waals surface area contributed by atoms with Gasteiger partial charge in [-0.05, 0) is 54.9 Å². The number of fused-ring (bicyclic) bond motifs is 5. The number of hydrogen-bond donors (Lipinski definition) is 1. The Morgan fingerprint density at radius 1 is 1.23 bits per heavy atom. The number of rotatable bonds is 1. The molecule has 0 spiro atoms. The number of methoxy groups -OCH3 is 1. The SMILES string of the molecule is COc1cc2c(cc1O)C1CCC3CCC(=O)CC3N1CC2. The molecule has 1 aromatic carbocycles. The number of aromatic hydroxyl groups is 1. The Balaban J connectivity index is 1.68. The minimum absolute atomic E-state index is 0.227. The second-order valence-electron chi connectivity index (χ2n) is 6.91. The zero-order valence-corrected chi connectivity index (χ0v) is 13.0. The van der Waals surface area contributed by atoms with Gasteiger partial charge in [-0.15, -0.1) is 0 Å². The van der Waals surface area contributed by atoms with Crippen LogP contribution in [-0.4, -0.2) is 35.5 Å². The number of carbonyl (C=O) groups is 1. The molecule has 3 atom stereocenters. The number of phenolic OH excluding ortho intramolecular Hbond substituents is 1. The summed E-state index contributed by atoms with van der Waals surface area (Å²) in [6.45, 7) is 1.01. The zero-order valence-electron chi connectivity index (χ0n) is 13.0. The Kier molecular flexibility index (Phi) is 3.37. The van der Waals surface area contributed by atoms with E-state index in [1.165, 1.54) is 17.5 Å². The molecular weight excluding hydrogens is 278 g/mol. The first kappa shape index (κ1) is 14.1. The van der Waals surface area contributed by atoms with E-state index in [2.05, 4.69) is 4.90 Å². The average molecular weight is 301 g/mol. The lowest BCUT2D eigenvalue weighted by Crippen LogP contribution is -2.52. The quantitative estimate of drug-likeness (QED) is 0.866. The lowest BCUT2D eigenvalue weighted by molar-refractivity contribution is -0.125. The summed E-state index contributed by atoms with van der Waals surface area (Å²) in [6, 6.07) is 4.64. The van der Waals surface area contributed by atoms with Crippen molar-refractivity contribution in [1.29, 1.82) is 0 Å². The Bertz CT molecular complexity index is 613. The summed E-state index contributed by atoms with van der Waals surface area (Å²) in [5.74, 6) is 1.89. The fourth-order valence-electron chi connectivity index (χ4n) is 4.76. The van der Waals surface area contributed by atoms with Gasteiger partial charge in [0.25, 0.3) is 0 Å². The maximum absolute atomic E-state index is 11.9. The molecule has 3 unspecified atom stereocenters. The van der Waals surface area contributed by atoms with Crippen LogP contribution in [0.3, 0.4) is 0 Å². The van der Waals surface area contributed by atoms with Crippen molar-refractivity contribution in [2.75, 3.05) is 13.7 Å². The third kappa shape index (κ3) is 2.12. The van der Waals surface area contributed by atoms with E-state index in [0.717, 1.165) is 38.6 Å². The van der Waals surface area contributed by atoms with Gasteiger partial charge in [-0.1, -0.05) is 0 Å². The van der Waals surface area contributed by atoms with Crippen molar-refractivity contribution in [3.05, 3.63) is 23.3 Å². The molecule has 0 radical (unpaired) electrons. The van der Waals surface area contributed by atoms with Crippen LogP contribution >= 0.6 is 0 Å². The first-order valence-electron chi connectivity index (χ1n) is 8.34. The van der Waals surface area contributed by atoms with E-state index in [-0.39, 0.29) is 5.75 Å². The normalized spacial score (nSPS) is 31.1. The predicted octanol–water partition coefficient (Wildman–Crippen LogP) is 2.83. The zero-order chi connectivity index (χ0) is 15.3. The summed E-state index contributed by atoms with van der Waals surface area (Å²) in [5.41, 5.74) is 2.53. The maximum Gasteiger partial charge on any atom is 0.160 e. The van der Waals surface area contributed by atoms with Crippen LogP contribution in [-0.2, 0) is 11.2 Å². The van der Waals surface area contributed by atoms with E-state index in [1.54, 1.807) is 7.11 Å². The highest BCUT2D eigenvalue weighted by atomic mass is 16.5. The van der Waals surface area contributed by atoms with Crippen LogP contribution in [0.5, 0.6) is 11.5 Å². The molecule has 1 saturated heterocycles. The molecule has 0 bridgehead atoms. The van der Waals surface area contributed by atoms with E-state index in [1.807, 2.05) is 12.1 Å². The lowest BCUT2D eigenvalue weighted by Gasteiger charge is -2.50. The molecule has 118 valence electrons. The molecule has 3 aliphatic rings. The van der Waals surface area contributed by atoms with Crippen LogP contribution in [0.4, 0.5) is 0 Å². The highest BCUT2D eigenvalue weighted by molar-refractivity contribution is 5.80. The minimum atomic E-state index is 0.227. The number of nitrogens with zero attached hydrogens (tertiary/aromatic N) is 1. The number of Topliss-reactive ketones (excluding diaryl/α,β-unsaturated/α-hetero) is 1. The Morgan fingerprint density at radius 2 is 2.09 bits per heavy atom. The van der Waals surface area contributed by atoms with Crippen molar-refractivity contribution in [3.8, 4) is 11.5 Å². The van der Waals surface area contributed by atoms with Crippen LogP contribution in [0, 0.1) is 5.92 Å². The van der Waals surface area contributed by atoms with Crippen molar-refractivity contribution in [2.24, 2.45) is 5.92 Å². The van der Waals surface area contributed by atoms with Crippen molar-refractivity contribution in [3.63, 3.8) is 0 Å². The summed E-state index contributed by atoms with van der Waals surface area (Å²) in [5, 5.41) is 10.1. The Labute approximate surface area is 131 Å². The molecule has 1 aliphatic carbocycles. The van der Waals surface area contributed by atoms with Crippen molar-refractivity contribution in [2.45, 2.75) is 50.6 Å². The molecule has 1 aromatic rings. The standard InChI is InChI=1S/C18H23NO3/c1-22-18-8-12-6-7-19-15(14(12)10-17(18)21)5-3-11-2-4-13(20)9-16(11)19/h8,10-11,15-16,21H,2-7,9H2,1H3. The van der Waals surface area contributed by atoms with Gasteiger partial charge in [0, 0.05) is 31.5 Å². The second-order valence-corrected chi connectivity index (χ2v) is 6.91. The molecule has 1 N–H and O–H groups in total. The first-order chi connectivity index (χ1) is 10.7. The van der Waals surface area contributed by atoms with Gasteiger partial charge in [0.2, 0.25) is 0 Å². The number of hydrogen-bond acceptors (Lipinski definition) is 4. The van der Waals surface area contributed by atoms with Crippen LogP contribution in [0.1, 0.15) is 49.3 Å². The van der Waals surface area contributed by atoms with E-state index >= 15 is 0 Å². The number of phenols is 1. The van der Waals surface area contributed by atoms with E-state index < -0.39 is 0 Å². The van der Waals surface area contributed by atoms with Gasteiger partial charge in [-0.25, -0.2) is 0 Å². The lowest BCUT2D eigenvalue weighted by atomic mass is 9.73. The van der Waals surface area contributed by atoms with Gasteiger partial charge < -0.3 is 9.84 Å². The number of piperidine rings is 1. The molecule has 4 rings (SSSR count). The average Bonchev–Trinajstić information content (AvgIpc) is 2.53. The third-order valence-electron chi connectivity index (χ3n) is 5.85. The molecule has 4 nitrogen and oxygen atoms in total. The highest BCUT2D eigenvalue weighted by Crippen LogP contribution is 2.47. The van der Waals surface area contributed by atoms with Crippen LogP contribution in [0.25, 0.3) is 0 Å². The van der Waals surface area contributed by atoms with Gasteiger partial charge >= 0.3 is 0 Å². The van der Waals surface area contributed by atoms with E-state index in [4.69, 9.17) is 4.74 Å². The number of carbonyl (C=O) groups excluding carboxylic acids is 1. The van der Waals surface area contributed by atoms with Gasteiger partial charge in [0.15, 0.2) is 11.5 Å². The smallest absolute Gasteiger partial charge is 0.160 e. The number of ether oxygens (including phenoxy) is 1. The van der Waals surface area contributed by atoms with Crippen molar-refractivity contribution < 1.29 is 14.6 Å². The summed E-state index contributed by atoms with van der Waals surface area (Å²) in [4.78, 5) is 14.4. The Morgan fingerprint density at radius 3 is 2.91 bits per heavy atom. The van der Waals surface area contributed by atoms with Crippen molar-refractivity contribution in [1.82, 2.24) is 4.90 Å². The number of benzene rings is 1. The van der Waals surface area contributed by atoms with Crippen LogP contribution in [0.15, 0.2) is 12.1 Å². The molecule has 1 saturated carbocycles. The predicted molar refractivity (Wildman–Crippen MR) is 83.2 cm³/mol.